The van der Waals surface area contributed by atoms with E-state index in [2.05, 4.69) is 0 Å². The van der Waals surface area contributed by atoms with Crippen LogP contribution in [-0.4, -0.2) is 30.2 Å². The van der Waals surface area contributed by atoms with E-state index in [0.717, 1.165) is 12.8 Å². The van der Waals surface area contributed by atoms with Crippen LogP contribution in [0.15, 0.2) is 0 Å². The highest BCUT2D eigenvalue weighted by Gasteiger charge is 2.20. The van der Waals surface area contributed by atoms with Crippen molar-refractivity contribution in [3.8, 4) is 0 Å². The van der Waals surface area contributed by atoms with Gasteiger partial charge in [0.15, 0.2) is 0 Å². The molecule has 0 heterocycles. The zero-order valence-corrected chi connectivity index (χ0v) is 7.45. The Morgan fingerprint density at radius 1 is 1.33 bits per heavy atom. The van der Waals surface area contributed by atoms with Gasteiger partial charge in [0.05, 0.1) is 0 Å². The molecule has 1 aliphatic carbocycles. The first-order valence-corrected chi connectivity index (χ1v) is 4.47. The van der Waals surface area contributed by atoms with E-state index >= 15 is 0 Å². The second kappa shape index (κ2) is 4.24. The Labute approximate surface area is 72.7 Å². The fraction of sp³-hybridized carbons (Fsp3) is 0.778. The van der Waals surface area contributed by atoms with Crippen molar-refractivity contribution in [2.24, 2.45) is 0 Å². The molecule has 68 valence electrons. The van der Waals surface area contributed by atoms with Gasteiger partial charge in [0.25, 0.3) is 5.91 Å². The van der Waals surface area contributed by atoms with Gasteiger partial charge in [-0.15, -0.1) is 0 Å². The van der Waals surface area contributed by atoms with Crippen LogP contribution in [0.2, 0.25) is 0 Å². The van der Waals surface area contributed by atoms with Gasteiger partial charge in [-0.25, -0.2) is 0 Å². The maximum absolute atomic E-state index is 11.0. The van der Waals surface area contributed by atoms with Gasteiger partial charge in [0.1, 0.15) is 0 Å². The summed E-state index contributed by atoms with van der Waals surface area (Å²) in [6, 6.07) is 0.302. The third-order valence-electron chi connectivity index (χ3n) is 2.57. The van der Waals surface area contributed by atoms with Crippen LogP contribution in [0.5, 0.6) is 0 Å². The van der Waals surface area contributed by atoms with Gasteiger partial charge in [0.2, 0.25) is 6.29 Å². The van der Waals surface area contributed by atoms with Crippen molar-refractivity contribution in [1.82, 2.24) is 4.90 Å². The first-order valence-electron chi connectivity index (χ1n) is 4.47. The second-order valence-electron chi connectivity index (χ2n) is 3.36. The quantitative estimate of drug-likeness (QED) is 0.456. The molecule has 0 bridgehead atoms. The number of carbonyl (C=O) groups is 2. The number of hydrogen-bond acceptors (Lipinski definition) is 2. The number of likely N-dealkylation sites (N-methyl/N-ethyl adjacent to an activating group) is 1. The molecule has 0 aromatic rings. The molecule has 0 atom stereocenters. The van der Waals surface area contributed by atoms with E-state index in [4.69, 9.17) is 0 Å². The zero-order chi connectivity index (χ0) is 8.97. The summed E-state index contributed by atoms with van der Waals surface area (Å²) in [5, 5.41) is 0. The van der Waals surface area contributed by atoms with E-state index < -0.39 is 0 Å². The molecule has 1 fully saturated rings. The molecule has 1 saturated carbocycles. The van der Waals surface area contributed by atoms with Crippen LogP contribution in [0, 0.1) is 0 Å². The molecular weight excluding hydrogens is 154 g/mol. The Morgan fingerprint density at radius 2 is 1.92 bits per heavy atom. The molecule has 0 aliphatic heterocycles. The molecule has 0 unspecified atom stereocenters. The van der Waals surface area contributed by atoms with Crippen molar-refractivity contribution in [3.63, 3.8) is 0 Å². The fourth-order valence-electron chi connectivity index (χ4n) is 1.73. The molecule has 3 nitrogen and oxygen atoms in total. The third kappa shape index (κ3) is 2.06. The monoisotopic (exact) mass is 169 g/mol. The number of amides is 1. The van der Waals surface area contributed by atoms with E-state index in [1.807, 2.05) is 0 Å². The first-order chi connectivity index (χ1) is 5.75. The van der Waals surface area contributed by atoms with Crippen molar-refractivity contribution >= 4 is 12.2 Å². The summed E-state index contributed by atoms with van der Waals surface area (Å²) < 4.78 is 0. The predicted octanol–water partition coefficient (Wildman–Crippen LogP) is 0.976. The summed E-state index contributed by atoms with van der Waals surface area (Å²) in [5.41, 5.74) is 0. The third-order valence-corrected chi connectivity index (χ3v) is 2.57. The molecule has 0 aromatic heterocycles. The Kier molecular flexibility index (Phi) is 3.26. The van der Waals surface area contributed by atoms with Gasteiger partial charge in [-0.3, -0.25) is 9.59 Å². The normalized spacial score (nSPS) is 18.8. The molecule has 12 heavy (non-hydrogen) atoms. The Morgan fingerprint density at radius 3 is 2.42 bits per heavy atom. The molecule has 1 rings (SSSR count). The zero-order valence-electron chi connectivity index (χ0n) is 7.45. The average Bonchev–Trinajstić information content (AvgIpc) is 2.17. The van der Waals surface area contributed by atoms with E-state index in [0.29, 0.717) is 12.3 Å². The number of nitrogens with zero attached hydrogens (tertiary/aromatic N) is 1. The van der Waals surface area contributed by atoms with E-state index in [9.17, 15) is 9.59 Å². The SMILES string of the molecule is CN(C(=O)C=O)C1CCCCC1. The van der Waals surface area contributed by atoms with Crippen molar-refractivity contribution in [2.75, 3.05) is 7.05 Å². The number of carbonyl (C=O) groups excluding carboxylic acids is 2. The lowest BCUT2D eigenvalue weighted by Crippen LogP contribution is -2.38. The van der Waals surface area contributed by atoms with Gasteiger partial charge >= 0.3 is 0 Å². The number of aldehydes is 1. The fourth-order valence-corrected chi connectivity index (χ4v) is 1.73. The average molecular weight is 169 g/mol. The van der Waals surface area contributed by atoms with Gasteiger partial charge in [-0.2, -0.15) is 0 Å². The summed E-state index contributed by atoms with van der Waals surface area (Å²) in [4.78, 5) is 22.7. The molecule has 0 saturated heterocycles. The molecule has 1 aliphatic rings. The Balaban J connectivity index is 2.44. The van der Waals surface area contributed by atoms with E-state index in [-0.39, 0.29) is 5.91 Å². The van der Waals surface area contributed by atoms with Crippen molar-refractivity contribution in [1.29, 1.82) is 0 Å². The van der Waals surface area contributed by atoms with Gasteiger partial charge in [-0.05, 0) is 12.8 Å². The number of hydrogen-bond donors (Lipinski definition) is 0. The minimum absolute atomic E-state index is 0.302. The lowest BCUT2D eigenvalue weighted by molar-refractivity contribution is -0.139. The van der Waals surface area contributed by atoms with E-state index in [1.165, 1.54) is 19.3 Å². The van der Waals surface area contributed by atoms with Gasteiger partial charge in [-0.1, -0.05) is 19.3 Å². The second-order valence-corrected chi connectivity index (χ2v) is 3.36. The van der Waals surface area contributed by atoms with Crippen LogP contribution in [0.3, 0.4) is 0 Å². The molecule has 1 amide bonds. The summed E-state index contributed by atoms with van der Waals surface area (Å²) in [6.07, 6.45) is 6.13. The highest BCUT2D eigenvalue weighted by molar-refractivity contribution is 6.23. The molecule has 0 spiro atoms. The smallest absolute Gasteiger partial charge is 0.286 e. The number of rotatable bonds is 2. The van der Waals surface area contributed by atoms with Crippen LogP contribution in [0.25, 0.3) is 0 Å². The van der Waals surface area contributed by atoms with E-state index in [1.54, 1.807) is 11.9 Å². The predicted molar refractivity (Wildman–Crippen MR) is 45.7 cm³/mol. The maximum atomic E-state index is 11.0. The Hall–Kier alpha value is -0.860. The molecular formula is C9H15NO2. The van der Waals surface area contributed by atoms with Crippen molar-refractivity contribution < 1.29 is 9.59 Å². The van der Waals surface area contributed by atoms with Crippen molar-refractivity contribution in [2.45, 2.75) is 38.1 Å². The summed E-state index contributed by atoms with van der Waals surface area (Å²) in [7, 11) is 1.72. The van der Waals surface area contributed by atoms with Crippen LogP contribution in [0.1, 0.15) is 32.1 Å². The standard InChI is InChI=1S/C9H15NO2/c1-10(9(12)7-11)8-5-3-2-4-6-8/h7-8H,2-6H2,1H3. The minimum atomic E-state index is -0.387. The largest absolute Gasteiger partial charge is 0.336 e. The summed E-state index contributed by atoms with van der Waals surface area (Å²) in [6.45, 7) is 0. The maximum Gasteiger partial charge on any atom is 0.286 e. The summed E-state index contributed by atoms with van der Waals surface area (Å²) >= 11 is 0. The van der Waals surface area contributed by atoms with Gasteiger partial charge < -0.3 is 4.90 Å². The summed E-state index contributed by atoms with van der Waals surface area (Å²) in [5.74, 6) is -0.387. The molecule has 0 N–H and O–H groups in total. The van der Waals surface area contributed by atoms with Crippen LogP contribution in [-0.2, 0) is 9.59 Å². The molecule has 0 aromatic carbocycles. The van der Waals surface area contributed by atoms with Crippen molar-refractivity contribution in [3.05, 3.63) is 0 Å². The Bertz CT molecular complexity index is 173. The highest BCUT2D eigenvalue weighted by atomic mass is 16.2. The molecule has 0 radical (unpaired) electrons. The first kappa shape index (κ1) is 9.23. The lowest BCUT2D eigenvalue weighted by Gasteiger charge is -2.29. The van der Waals surface area contributed by atoms with Crippen LogP contribution < -0.4 is 0 Å². The topological polar surface area (TPSA) is 37.4 Å². The minimum Gasteiger partial charge on any atom is -0.336 e. The molecule has 3 heteroatoms. The lowest BCUT2D eigenvalue weighted by atomic mass is 9.94. The highest BCUT2D eigenvalue weighted by Crippen LogP contribution is 2.21. The van der Waals surface area contributed by atoms with Gasteiger partial charge in [0, 0.05) is 13.1 Å². The van der Waals surface area contributed by atoms with Crippen LogP contribution >= 0.6 is 0 Å². The van der Waals surface area contributed by atoms with Crippen LogP contribution in [0.4, 0.5) is 0 Å².